The van der Waals surface area contributed by atoms with Crippen molar-refractivity contribution in [2.75, 3.05) is 47.4 Å². The summed E-state index contributed by atoms with van der Waals surface area (Å²) in [5.74, 6) is 0.675. The van der Waals surface area contributed by atoms with E-state index in [-0.39, 0.29) is 24.1 Å². The number of urea groups is 1. The molecule has 0 aliphatic heterocycles. The van der Waals surface area contributed by atoms with Gasteiger partial charge in [-0.05, 0) is 37.1 Å². The number of hydrogen-bond donors (Lipinski definition) is 3. The first-order chi connectivity index (χ1) is 16.8. The Morgan fingerprint density at radius 3 is 2.63 bits per heavy atom. The van der Waals surface area contributed by atoms with Gasteiger partial charge in [0.15, 0.2) is 0 Å². The summed E-state index contributed by atoms with van der Waals surface area (Å²) in [6.07, 6.45) is 6.65. The van der Waals surface area contributed by atoms with E-state index in [1.54, 1.807) is 4.90 Å². The molecule has 1 aromatic carbocycles. The molecule has 0 radical (unpaired) electrons. The molecule has 1 aliphatic carbocycles. The van der Waals surface area contributed by atoms with E-state index in [1.807, 2.05) is 38.4 Å². The van der Waals surface area contributed by atoms with E-state index in [2.05, 4.69) is 27.6 Å². The highest BCUT2D eigenvalue weighted by molar-refractivity contribution is 6.30. The normalized spacial score (nSPS) is 16.7. The lowest BCUT2D eigenvalue weighted by atomic mass is 9.85. The molecule has 198 valence electrons. The van der Waals surface area contributed by atoms with Crippen molar-refractivity contribution in [2.24, 2.45) is 11.8 Å². The summed E-state index contributed by atoms with van der Waals surface area (Å²) < 4.78 is 10.7. The molecular formula is C26H43ClN4O4. The number of amides is 3. The van der Waals surface area contributed by atoms with Crippen LogP contribution in [0.1, 0.15) is 57.1 Å². The SMILES string of the molecule is CNC[C@H](CC1CCCCC1)NC(=O)N(C)C[C@@H](C)[C@@H](OCCNC(=O)OC)c1cccc(Cl)c1. The zero-order chi connectivity index (χ0) is 25.6. The summed E-state index contributed by atoms with van der Waals surface area (Å²) in [5.41, 5.74) is 0.933. The zero-order valence-electron chi connectivity index (χ0n) is 21.6. The van der Waals surface area contributed by atoms with E-state index in [1.165, 1.54) is 39.2 Å². The zero-order valence-corrected chi connectivity index (χ0v) is 22.4. The van der Waals surface area contributed by atoms with Gasteiger partial charge in [-0.25, -0.2) is 9.59 Å². The van der Waals surface area contributed by atoms with Gasteiger partial charge in [-0.3, -0.25) is 0 Å². The number of carbonyl (C=O) groups is 2. The van der Waals surface area contributed by atoms with Gasteiger partial charge in [0.05, 0.1) is 19.8 Å². The predicted octanol–water partition coefficient (Wildman–Crippen LogP) is 4.59. The largest absolute Gasteiger partial charge is 0.453 e. The maximum atomic E-state index is 13.1. The van der Waals surface area contributed by atoms with Gasteiger partial charge >= 0.3 is 12.1 Å². The summed E-state index contributed by atoms with van der Waals surface area (Å²) in [5, 5.41) is 9.70. The van der Waals surface area contributed by atoms with E-state index in [4.69, 9.17) is 16.3 Å². The van der Waals surface area contributed by atoms with Crippen LogP contribution in [0, 0.1) is 11.8 Å². The number of methoxy groups -OCH3 is 1. The molecule has 0 unspecified atom stereocenters. The van der Waals surface area contributed by atoms with Gasteiger partial charge in [0, 0.05) is 43.7 Å². The quantitative estimate of drug-likeness (QED) is 0.337. The molecule has 8 nitrogen and oxygen atoms in total. The average Bonchev–Trinajstić information content (AvgIpc) is 2.84. The van der Waals surface area contributed by atoms with Crippen LogP contribution in [0.25, 0.3) is 0 Å². The number of hydrogen-bond acceptors (Lipinski definition) is 5. The molecule has 1 aliphatic rings. The second kappa shape index (κ2) is 15.9. The molecule has 1 aromatic rings. The Balaban J connectivity index is 1.96. The summed E-state index contributed by atoms with van der Waals surface area (Å²) in [7, 11) is 5.06. The Labute approximate surface area is 215 Å². The molecule has 0 bridgehead atoms. The second-order valence-corrected chi connectivity index (χ2v) is 10.0. The number of halogens is 1. The number of alkyl carbamates (subject to hydrolysis) is 1. The maximum absolute atomic E-state index is 13.1. The van der Waals surface area contributed by atoms with Gasteiger partial charge in [0.1, 0.15) is 0 Å². The molecule has 3 atom stereocenters. The number of likely N-dealkylation sites (N-methyl/N-ethyl adjacent to an activating group) is 1. The Morgan fingerprint density at radius 1 is 1.23 bits per heavy atom. The molecule has 0 heterocycles. The van der Waals surface area contributed by atoms with Crippen molar-refractivity contribution in [3.8, 4) is 0 Å². The Bertz CT molecular complexity index is 775. The van der Waals surface area contributed by atoms with Crippen LogP contribution in [0.5, 0.6) is 0 Å². The van der Waals surface area contributed by atoms with E-state index < -0.39 is 6.09 Å². The first kappa shape index (κ1) is 29.2. The second-order valence-electron chi connectivity index (χ2n) is 9.57. The standard InChI is InChI=1S/C26H43ClN4O4/c1-19(24(21-11-8-12-22(27)16-21)35-14-13-29-26(33)34-4)18-31(3)25(32)30-23(17-28-2)15-20-9-6-5-7-10-20/h8,11-12,16,19-20,23-24,28H,5-7,9-10,13-15,17-18H2,1-4H3,(H,29,33)(H,30,32)/t19-,23+,24-/m1/s1. The van der Waals surface area contributed by atoms with Crippen molar-refractivity contribution >= 4 is 23.7 Å². The first-order valence-corrected chi connectivity index (χ1v) is 13.1. The fourth-order valence-corrected chi connectivity index (χ4v) is 5.04. The smallest absolute Gasteiger partial charge is 0.406 e. The number of rotatable bonds is 13. The maximum Gasteiger partial charge on any atom is 0.406 e. The van der Waals surface area contributed by atoms with Crippen molar-refractivity contribution in [1.82, 2.24) is 20.9 Å². The van der Waals surface area contributed by atoms with Gasteiger partial charge in [-0.15, -0.1) is 0 Å². The third-order valence-corrected chi connectivity index (χ3v) is 6.81. The number of benzene rings is 1. The highest BCUT2D eigenvalue weighted by Crippen LogP contribution is 2.29. The van der Waals surface area contributed by atoms with Crippen molar-refractivity contribution in [2.45, 2.75) is 57.6 Å². The van der Waals surface area contributed by atoms with Crippen LogP contribution in [-0.4, -0.2) is 70.5 Å². The first-order valence-electron chi connectivity index (χ1n) is 12.7. The van der Waals surface area contributed by atoms with Crippen LogP contribution in [0.4, 0.5) is 9.59 Å². The van der Waals surface area contributed by atoms with Crippen molar-refractivity contribution in [3.63, 3.8) is 0 Å². The average molecular weight is 511 g/mol. The topological polar surface area (TPSA) is 91.9 Å². The van der Waals surface area contributed by atoms with Crippen LogP contribution in [0.15, 0.2) is 24.3 Å². The Kier molecular flexibility index (Phi) is 13.2. The molecule has 0 aromatic heterocycles. The van der Waals surface area contributed by atoms with Gasteiger partial charge in [0.2, 0.25) is 0 Å². The van der Waals surface area contributed by atoms with Crippen LogP contribution in [0.2, 0.25) is 5.02 Å². The molecule has 0 saturated heterocycles. The monoisotopic (exact) mass is 510 g/mol. The lowest BCUT2D eigenvalue weighted by molar-refractivity contribution is 0.0113. The lowest BCUT2D eigenvalue weighted by Crippen LogP contribution is -2.48. The molecule has 0 spiro atoms. The molecule has 3 amide bonds. The molecule has 1 saturated carbocycles. The van der Waals surface area contributed by atoms with E-state index >= 15 is 0 Å². The fourth-order valence-electron chi connectivity index (χ4n) is 4.84. The van der Waals surface area contributed by atoms with Crippen LogP contribution in [0.3, 0.4) is 0 Å². The summed E-state index contributed by atoms with van der Waals surface area (Å²) in [6, 6.07) is 7.58. The summed E-state index contributed by atoms with van der Waals surface area (Å²) in [6.45, 7) is 3.93. The number of ether oxygens (including phenoxy) is 2. The minimum atomic E-state index is -0.498. The van der Waals surface area contributed by atoms with E-state index in [9.17, 15) is 9.59 Å². The molecular weight excluding hydrogens is 468 g/mol. The number of nitrogens with zero attached hydrogens (tertiary/aromatic N) is 1. The molecule has 1 fully saturated rings. The number of carbonyl (C=O) groups excluding carboxylic acids is 2. The predicted molar refractivity (Wildman–Crippen MR) is 140 cm³/mol. The van der Waals surface area contributed by atoms with E-state index in [0.717, 1.165) is 18.5 Å². The van der Waals surface area contributed by atoms with Crippen molar-refractivity contribution < 1.29 is 19.1 Å². The highest BCUT2D eigenvalue weighted by atomic mass is 35.5. The summed E-state index contributed by atoms with van der Waals surface area (Å²) in [4.78, 5) is 26.1. The van der Waals surface area contributed by atoms with Crippen LogP contribution >= 0.6 is 11.6 Å². The van der Waals surface area contributed by atoms with Gasteiger partial charge in [-0.1, -0.05) is 62.8 Å². The Morgan fingerprint density at radius 2 is 1.97 bits per heavy atom. The van der Waals surface area contributed by atoms with E-state index in [0.29, 0.717) is 30.6 Å². The van der Waals surface area contributed by atoms with Gasteiger partial charge < -0.3 is 30.3 Å². The minimum absolute atomic E-state index is 0.0107. The molecule has 9 heteroatoms. The molecule has 35 heavy (non-hydrogen) atoms. The Hall–Kier alpha value is -2.03. The van der Waals surface area contributed by atoms with Gasteiger partial charge in [-0.2, -0.15) is 0 Å². The summed E-state index contributed by atoms with van der Waals surface area (Å²) >= 11 is 6.23. The van der Waals surface area contributed by atoms with Gasteiger partial charge in [0.25, 0.3) is 0 Å². The highest BCUT2D eigenvalue weighted by Gasteiger charge is 2.25. The molecule has 2 rings (SSSR count). The minimum Gasteiger partial charge on any atom is -0.453 e. The van der Waals surface area contributed by atoms with Crippen molar-refractivity contribution in [1.29, 1.82) is 0 Å². The fraction of sp³-hybridized carbons (Fsp3) is 0.692. The third kappa shape index (κ3) is 10.6. The molecule has 3 N–H and O–H groups in total. The third-order valence-electron chi connectivity index (χ3n) is 6.58. The van der Waals surface area contributed by atoms with Crippen molar-refractivity contribution in [3.05, 3.63) is 34.9 Å². The van der Waals surface area contributed by atoms with Crippen LogP contribution < -0.4 is 16.0 Å². The lowest BCUT2D eigenvalue weighted by Gasteiger charge is -2.31. The number of nitrogens with one attached hydrogen (secondary N) is 3. The van der Waals surface area contributed by atoms with Crippen LogP contribution in [-0.2, 0) is 9.47 Å².